The molecular weight excluding hydrogens is 207 g/mol. The van der Waals surface area contributed by atoms with Crippen LogP contribution in [0.25, 0.3) is 11.1 Å². The molecule has 0 bridgehead atoms. The van der Waals surface area contributed by atoms with Gasteiger partial charge in [0.05, 0.1) is 0 Å². The van der Waals surface area contributed by atoms with Gasteiger partial charge in [0, 0.05) is 5.41 Å². The molecule has 1 aliphatic rings. The number of hydrogen-bond acceptors (Lipinski definition) is 1. The van der Waals surface area contributed by atoms with Crippen LogP contribution in [-0.2, 0) is 5.41 Å². The minimum Gasteiger partial charge on any atom is -0.450 e. The smallest absolute Gasteiger partial charge is 0.326 e. The minimum atomic E-state index is 0.0188. The van der Waals surface area contributed by atoms with E-state index in [0.29, 0.717) is 0 Å². The van der Waals surface area contributed by atoms with E-state index in [-0.39, 0.29) is 5.41 Å². The van der Waals surface area contributed by atoms with E-state index in [4.69, 9.17) is 5.02 Å². The van der Waals surface area contributed by atoms with Crippen LogP contribution in [0.2, 0.25) is 0 Å². The zero-order valence-corrected chi connectivity index (χ0v) is 10.1. The highest BCUT2D eigenvalue weighted by Gasteiger charge is 2.34. The molecule has 0 saturated carbocycles. The van der Waals surface area contributed by atoms with Crippen LogP contribution in [-0.4, -0.2) is 12.5 Å². The van der Waals surface area contributed by atoms with Gasteiger partial charge in [-0.2, -0.15) is 0 Å². The highest BCUT2D eigenvalue weighted by molar-refractivity contribution is 6.45. The Labute approximate surface area is 102 Å². The zero-order chi connectivity index (χ0) is 12.0. The van der Waals surface area contributed by atoms with Gasteiger partial charge in [-0.25, -0.2) is 0 Å². The summed E-state index contributed by atoms with van der Waals surface area (Å²) in [6.07, 6.45) is 0. The highest BCUT2D eigenvalue weighted by atomic mass is 16.2. The Balaban J connectivity index is 2.32. The van der Waals surface area contributed by atoms with Crippen LogP contribution < -0.4 is 5.46 Å². The molecule has 0 heterocycles. The van der Waals surface area contributed by atoms with Gasteiger partial charge in [-0.3, -0.25) is 0 Å². The van der Waals surface area contributed by atoms with E-state index < -0.39 is 0 Å². The van der Waals surface area contributed by atoms with E-state index in [9.17, 15) is 0 Å². The van der Waals surface area contributed by atoms with Crippen LogP contribution in [0.1, 0.15) is 25.0 Å². The van der Waals surface area contributed by atoms with Crippen LogP contribution >= 0.6 is 0 Å². The summed E-state index contributed by atoms with van der Waals surface area (Å²) in [7, 11) is 1.17. The van der Waals surface area contributed by atoms with Crippen LogP contribution in [0.4, 0.5) is 0 Å². The van der Waals surface area contributed by atoms with Crippen LogP contribution in [0.3, 0.4) is 0 Å². The first kappa shape index (κ1) is 10.6. The lowest BCUT2D eigenvalue weighted by Crippen LogP contribution is -2.20. The second-order valence-corrected chi connectivity index (χ2v) is 5.10. The Bertz CT molecular complexity index is 587. The summed E-state index contributed by atoms with van der Waals surface area (Å²) < 4.78 is 0. The van der Waals surface area contributed by atoms with Crippen molar-refractivity contribution < 1.29 is 5.02 Å². The van der Waals surface area contributed by atoms with Crippen molar-refractivity contribution in [3.8, 4) is 11.1 Å². The number of fused-ring (bicyclic) bond motifs is 3. The second-order valence-electron chi connectivity index (χ2n) is 5.10. The quantitative estimate of drug-likeness (QED) is 0.732. The maximum Gasteiger partial charge on any atom is 0.326 e. The lowest BCUT2D eigenvalue weighted by Gasteiger charge is -2.21. The van der Waals surface area contributed by atoms with Crippen molar-refractivity contribution in [2.45, 2.75) is 19.3 Å². The van der Waals surface area contributed by atoms with Gasteiger partial charge in [0.1, 0.15) is 0 Å². The molecule has 1 radical (unpaired) electrons. The van der Waals surface area contributed by atoms with Crippen molar-refractivity contribution in [3.63, 3.8) is 0 Å². The first-order valence-corrected chi connectivity index (χ1v) is 5.86. The second kappa shape index (κ2) is 3.48. The van der Waals surface area contributed by atoms with Gasteiger partial charge in [-0.15, -0.1) is 0 Å². The Hall–Kier alpha value is -1.54. The summed E-state index contributed by atoms with van der Waals surface area (Å²) in [5, 5.41) is 9.13. The summed E-state index contributed by atoms with van der Waals surface area (Å²) in [5.41, 5.74) is 6.15. The summed E-state index contributed by atoms with van der Waals surface area (Å²) in [4.78, 5) is 0. The van der Waals surface area contributed by atoms with Gasteiger partial charge in [-0.1, -0.05) is 61.8 Å². The number of hydrogen-bond donors (Lipinski definition) is 1. The third kappa shape index (κ3) is 1.37. The van der Waals surface area contributed by atoms with Gasteiger partial charge >= 0.3 is 7.48 Å². The zero-order valence-electron chi connectivity index (χ0n) is 10.1. The maximum absolute atomic E-state index is 9.13. The van der Waals surface area contributed by atoms with Crippen molar-refractivity contribution in [1.82, 2.24) is 0 Å². The fourth-order valence-electron chi connectivity index (χ4n) is 2.80. The van der Waals surface area contributed by atoms with Gasteiger partial charge < -0.3 is 5.02 Å². The van der Waals surface area contributed by atoms with Crippen molar-refractivity contribution in [2.24, 2.45) is 0 Å². The topological polar surface area (TPSA) is 20.2 Å². The fourth-order valence-corrected chi connectivity index (χ4v) is 2.80. The molecule has 0 unspecified atom stereocenters. The molecule has 1 nitrogen and oxygen atoms in total. The third-order valence-corrected chi connectivity index (χ3v) is 3.76. The average Bonchev–Trinajstić information content (AvgIpc) is 2.59. The molecule has 2 aromatic carbocycles. The first-order chi connectivity index (χ1) is 8.14. The van der Waals surface area contributed by atoms with Crippen LogP contribution in [0.5, 0.6) is 0 Å². The lowest BCUT2D eigenvalue weighted by atomic mass is 9.79. The average molecular weight is 221 g/mol. The molecule has 0 aliphatic heterocycles. The summed E-state index contributed by atoms with van der Waals surface area (Å²) >= 11 is 0. The van der Waals surface area contributed by atoms with E-state index in [1.807, 2.05) is 6.07 Å². The monoisotopic (exact) mass is 221 g/mol. The molecule has 3 rings (SSSR count). The highest BCUT2D eigenvalue weighted by Crippen LogP contribution is 2.47. The van der Waals surface area contributed by atoms with Gasteiger partial charge in [0.2, 0.25) is 0 Å². The molecule has 2 heteroatoms. The summed E-state index contributed by atoms with van der Waals surface area (Å²) in [5.74, 6) is 0. The SMILES string of the molecule is CC1(C)c2ccccc2-c2ccc([B]O)cc21. The third-order valence-electron chi connectivity index (χ3n) is 3.76. The van der Waals surface area contributed by atoms with E-state index in [1.54, 1.807) is 0 Å². The normalized spacial score (nSPS) is 15.2. The van der Waals surface area contributed by atoms with Crippen molar-refractivity contribution in [3.05, 3.63) is 53.6 Å². The Kier molecular flexibility index (Phi) is 2.17. The predicted molar refractivity (Wildman–Crippen MR) is 71.6 cm³/mol. The van der Waals surface area contributed by atoms with Gasteiger partial charge in [-0.05, 0) is 22.3 Å². The van der Waals surface area contributed by atoms with E-state index in [2.05, 4.69) is 50.2 Å². The largest absolute Gasteiger partial charge is 0.450 e. The lowest BCUT2D eigenvalue weighted by molar-refractivity contribution is 0.615. The maximum atomic E-state index is 9.13. The van der Waals surface area contributed by atoms with Gasteiger partial charge in [0.25, 0.3) is 0 Å². The molecule has 83 valence electrons. The Morgan fingerprint density at radius 2 is 1.65 bits per heavy atom. The molecule has 17 heavy (non-hydrogen) atoms. The van der Waals surface area contributed by atoms with E-state index in [1.165, 1.54) is 29.7 Å². The standard InChI is InChI=1S/C15H14BO/c1-15(2)13-6-4-3-5-11(13)12-8-7-10(16-17)9-14(12)15/h3-9,17H,1-2H3. The fraction of sp³-hybridized carbons (Fsp3) is 0.200. The molecule has 1 aliphatic carbocycles. The Morgan fingerprint density at radius 1 is 0.941 bits per heavy atom. The molecule has 0 amide bonds. The minimum absolute atomic E-state index is 0.0188. The molecule has 0 fully saturated rings. The van der Waals surface area contributed by atoms with Crippen molar-refractivity contribution >= 4 is 12.9 Å². The molecular formula is C15H14BO. The molecule has 0 aromatic heterocycles. The van der Waals surface area contributed by atoms with Gasteiger partial charge in [0.15, 0.2) is 0 Å². The van der Waals surface area contributed by atoms with E-state index in [0.717, 1.165) is 5.46 Å². The van der Waals surface area contributed by atoms with Crippen molar-refractivity contribution in [1.29, 1.82) is 0 Å². The summed E-state index contributed by atoms with van der Waals surface area (Å²) in [6, 6.07) is 14.7. The predicted octanol–water partition coefficient (Wildman–Crippen LogP) is 2.23. The van der Waals surface area contributed by atoms with Crippen LogP contribution in [0.15, 0.2) is 42.5 Å². The molecule has 1 N–H and O–H groups in total. The molecule has 0 atom stereocenters. The van der Waals surface area contributed by atoms with E-state index >= 15 is 0 Å². The summed E-state index contributed by atoms with van der Waals surface area (Å²) in [6.45, 7) is 4.47. The molecule has 2 aromatic rings. The first-order valence-electron chi connectivity index (χ1n) is 5.86. The molecule has 0 spiro atoms. The molecule has 0 saturated heterocycles. The number of rotatable bonds is 1. The number of benzene rings is 2. The van der Waals surface area contributed by atoms with Crippen molar-refractivity contribution in [2.75, 3.05) is 0 Å². The van der Waals surface area contributed by atoms with Crippen LogP contribution in [0, 0.1) is 0 Å². The Morgan fingerprint density at radius 3 is 2.41 bits per heavy atom.